The molecule has 0 aliphatic carbocycles. The van der Waals surface area contributed by atoms with Crippen LogP contribution in [0.15, 0.2) is 54.7 Å². The number of rotatable bonds is 8. The predicted octanol–water partition coefficient (Wildman–Crippen LogP) is 4.04. The molecule has 1 atom stereocenters. The van der Waals surface area contributed by atoms with Crippen LogP contribution in [0.4, 0.5) is 5.82 Å². The molecule has 3 heterocycles. The lowest BCUT2D eigenvalue weighted by Crippen LogP contribution is -2.45. The number of aromatic nitrogens is 3. The Morgan fingerprint density at radius 1 is 1.00 bits per heavy atom. The fourth-order valence-electron chi connectivity index (χ4n) is 4.91. The minimum Gasteiger partial charge on any atom is -0.467 e. The molecule has 5 rings (SSSR count). The first kappa shape index (κ1) is 24.2. The lowest BCUT2D eigenvalue weighted by molar-refractivity contribution is -0.142. The number of esters is 1. The van der Waals surface area contributed by atoms with Crippen LogP contribution >= 0.6 is 0 Å². The number of carbonyl (C=O) groups excluding carboxylic acids is 1. The topological polar surface area (TPSA) is 86.4 Å². The summed E-state index contributed by atoms with van der Waals surface area (Å²) in [5.41, 5.74) is 3.44. The van der Waals surface area contributed by atoms with Crippen molar-refractivity contribution >= 4 is 33.6 Å². The number of nitrogens with one attached hydrogen (secondary N) is 2. The first-order chi connectivity index (χ1) is 17.5. The van der Waals surface area contributed by atoms with Crippen molar-refractivity contribution in [3.63, 3.8) is 0 Å². The second kappa shape index (κ2) is 10.6. The molecule has 2 aromatic heterocycles. The van der Waals surface area contributed by atoms with E-state index in [1.807, 2.05) is 44.3 Å². The monoisotopic (exact) mass is 486 g/mol. The molecule has 8 nitrogen and oxygen atoms in total. The molecule has 0 unspecified atom stereocenters. The van der Waals surface area contributed by atoms with Crippen molar-refractivity contribution in [3.8, 4) is 0 Å². The Hall–Kier alpha value is -3.49. The van der Waals surface area contributed by atoms with Crippen LogP contribution < -0.4 is 5.32 Å². The number of para-hydroxylation sites is 2. The third kappa shape index (κ3) is 5.20. The van der Waals surface area contributed by atoms with Gasteiger partial charge in [0.05, 0.1) is 19.2 Å². The molecule has 0 spiro atoms. The molecular weight excluding hydrogens is 452 g/mol. The third-order valence-electron chi connectivity index (χ3n) is 6.96. The Bertz CT molecular complexity index is 1340. The van der Waals surface area contributed by atoms with Crippen LogP contribution in [0.25, 0.3) is 21.8 Å². The maximum Gasteiger partial charge on any atom is 0.328 e. The molecule has 2 N–H and O–H groups in total. The number of hydrogen-bond donors (Lipinski definition) is 2. The van der Waals surface area contributed by atoms with E-state index in [1.54, 1.807) is 0 Å². The molecule has 0 radical (unpaired) electrons. The van der Waals surface area contributed by atoms with Gasteiger partial charge in [-0.2, -0.15) is 0 Å². The van der Waals surface area contributed by atoms with Crippen LogP contribution in [0, 0.1) is 5.92 Å². The van der Waals surface area contributed by atoms with Crippen LogP contribution in [0.5, 0.6) is 0 Å². The SMILES string of the molecule is COC(=O)[C@@H](Nc1nc(CN2CCN(Cc3cccc4cc[nH]c34)CC2)nc2ccccc12)C(C)C. The molecule has 2 aromatic carbocycles. The quantitative estimate of drug-likeness (QED) is 0.364. The van der Waals surface area contributed by atoms with Gasteiger partial charge in [0, 0.05) is 49.8 Å². The highest BCUT2D eigenvalue weighted by molar-refractivity contribution is 5.91. The van der Waals surface area contributed by atoms with Gasteiger partial charge in [0.1, 0.15) is 17.7 Å². The number of hydrogen-bond acceptors (Lipinski definition) is 7. The smallest absolute Gasteiger partial charge is 0.328 e. The van der Waals surface area contributed by atoms with Gasteiger partial charge in [0.15, 0.2) is 0 Å². The van der Waals surface area contributed by atoms with Crippen molar-refractivity contribution in [3.05, 3.63) is 66.1 Å². The maximum absolute atomic E-state index is 12.4. The molecule has 188 valence electrons. The predicted molar refractivity (Wildman–Crippen MR) is 143 cm³/mol. The number of benzene rings is 2. The van der Waals surface area contributed by atoms with Gasteiger partial charge in [-0.05, 0) is 35.1 Å². The molecule has 1 fully saturated rings. The van der Waals surface area contributed by atoms with E-state index in [9.17, 15) is 4.79 Å². The normalized spacial score (nSPS) is 16.0. The van der Waals surface area contributed by atoms with Gasteiger partial charge in [-0.25, -0.2) is 14.8 Å². The number of ether oxygens (including phenoxy) is 1. The summed E-state index contributed by atoms with van der Waals surface area (Å²) >= 11 is 0. The van der Waals surface area contributed by atoms with E-state index < -0.39 is 6.04 Å². The Balaban J connectivity index is 1.28. The lowest BCUT2D eigenvalue weighted by Gasteiger charge is -2.34. The summed E-state index contributed by atoms with van der Waals surface area (Å²) in [6.07, 6.45) is 2.01. The zero-order valence-corrected chi connectivity index (χ0v) is 21.2. The van der Waals surface area contributed by atoms with E-state index >= 15 is 0 Å². The van der Waals surface area contributed by atoms with Crippen LogP contribution in [0.2, 0.25) is 0 Å². The fraction of sp³-hybridized carbons (Fsp3) is 0.393. The second-order valence-corrected chi connectivity index (χ2v) is 9.81. The van der Waals surface area contributed by atoms with Crippen molar-refractivity contribution < 1.29 is 9.53 Å². The third-order valence-corrected chi connectivity index (χ3v) is 6.96. The first-order valence-corrected chi connectivity index (χ1v) is 12.6. The van der Waals surface area contributed by atoms with E-state index in [0.717, 1.165) is 49.5 Å². The molecular formula is C28H34N6O2. The molecule has 1 aliphatic heterocycles. The number of carbonyl (C=O) groups is 1. The molecule has 1 saturated heterocycles. The van der Waals surface area contributed by atoms with Gasteiger partial charge >= 0.3 is 5.97 Å². The van der Waals surface area contributed by atoms with E-state index in [2.05, 4.69) is 44.4 Å². The van der Waals surface area contributed by atoms with Crippen molar-refractivity contribution in [1.82, 2.24) is 24.8 Å². The van der Waals surface area contributed by atoms with Gasteiger partial charge in [0.2, 0.25) is 0 Å². The number of piperazine rings is 1. The molecule has 0 amide bonds. The number of H-pyrrole nitrogens is 1. The molecule has 0 bridgehead atoms. The van der Waals surface area contributed by atoms with Crippen LogP contribution in [0.3, 0.4) is 0 Å². The summed E-state index contributed by atoms with van der Waals surface area (Å²) in [7, 11) is 1.42. The Morgan fingerprint density at radius 2 is 1.75 bits per heavy atom. The minimum atomic E-state index is -0.478. The number of aromatic amines is 1. The van der Waals surface area contributed by atoms with Gasteiger partial charge in [-0.1, -0.05) is 44.2 Å². The zero-order chi connectivity index (χ0) is 25.1. The summed E-state index contributed by atoms with van der Waals surface area (Å²) in [4.78, 5) is 30.4. The Labute approximate surface area is 211 Å². The average Bonchev–Trinajstić information content (AvgIpc) is 3.38. The number of methoxy groups -OCH3 is 1. The summed E-state index contributed by atoms with van der Waals surface area (Å²) in [5.74, 6) is 1.20. The first-order valence-electron chi connectivity index (χ1n) is 12.6. The van der Waals surface area contributed by atoms with Crippen molar-refractivity contribution in [2.45, 2.75) is 33.0 Å². The standard InChI is InChI=1S/C28H34N6O2/c1-19(2)25(28(35)36-3)32-27-22-9-4-5-10-23(22)30-24(31-27)18-34-15-13-33(14-16-34)17-21-8-6-7-20-11-12-29-26(20)21/h4-12,19,25,29H,13-18H2,1-3H3,(H,30,31,32)/t25-/m0/s1. The van der Waals surface area contributed by atoms with Crippen LogP contribution in [-0.2, 0) is 22.6 Å². The number of nitrogens with zero attached hydrogens (tertiary/aromatic N) is 4. The fourth-order valence-corrected chi connectivity index (χ4v) is 4.91. The number of fused-ring (bicyclic) bond motifs is 2. The summed E-state index contributed by atoms with van der Waals surface area (Å²) in [6.45, 7) is 9.50. The van der Waals surface area contributed by atoms with E-state index in [1.165, 1.54) is 23.6 Å². The minimum absolute atomic E-state index is 0.0551. The average molecular weight is 487 g/mol. The van der Waals surface area contributed by atoms with Gasteiger partial charge in [0.25, 0.3) is 0 Å². The molecule has 8 heteroatoms. The summed E-state index contributed by atoms with van der Waals surface area (Å²) in [6, 6.07) is 16.1. The van der Waals surface area contributed by atoms with E-state index in [4.69, 9.17) is 14.7 Å². The maximum atomic E-state index is 12.4. The Morgan fingerprint density at radius 3 is 2.50 bits per heavy atom. The van der Waals surface area contributed by atoms with Crippen molar-refractivity contribution in [2.24, 2.45) is 5.92 Å². The van der Waals surface area contributed by atoms with Gasteiger partial charge in [-0.3, -0.25) is 9.80 Å². The largest absolute Gasteiger partial charge is 0.467 e. The van der Waals surface area contributed by atoms with Gasteiger partial charge in [-0.15, -0.1) is 0 Å². The molecule has 1 aliphatic rings. The lowest BCUT2D eigenvalue weighted by atomic mass is 10.0. The Kier molecular flexibility index (Phi) is 7.16. The second-order valence-electron chi connectivity index (χ2n) is 9.81. The van der Waals surface area contributed by atoms with Gasteiger partial charge < -0.3 is 15.0 Å². The van der Waals surface area contributed by atoms with E-state index in [-0.39, 0.29) is 11.9 Å². The highest BCUT2D eigenvalue weighted by atomic mass is 16.5. The summed E-state index contributed by atoms with van der Waals surface area (Å²) in [5, 5.41) is 5.50. The zero-order valence-electron chi connectivity index (χ0n) is 21.2. The molecule has 36 heavy (non-hydrogen) atoms. The highest BCUT2D eigenvalue weighted by Crippen LogP contribution is 2.24. The van der Waals surface area contributed by atoms with Crippen molar-refractivity contribution in [2.75, 3.05) is 38.6 Å². The molecule has 4 aromatic rings. The highest BCUT2D eigenvalue weighted by Gasteiger charge is 2.25. The van der Waals surface area contributed by atoms with Crippen LogP contribution in [0.1, 0.15) is 25.2 Å². The van der Waals surface area contributed by atoms with E-state index in [0.29, 0.717) is 12.4 Å². The van der Waals surface area contributed by atoms with Crippen LogP contribution in [-0.4, -0.2) is 70.1 Å². The summed E-state index contributed by atoms with van der Waals surface area (Å²) < 4.78 is 5.02. The number of anilines is 1. The molecule has 0 saturated carbocycles. The van der Waals surface area contributed by atoms with Crippen molar-refractivity contribution in [1.29, 1.82) is 0 Å².